The molecule has 31 heavy (non-hydrogen) atoms. The maximum atomic E-state index is 6.24. The highest BCUT2D eigenvalue weighted by atomic mass is 16.3. The minimum Gasteiger partial charge on any atom is -0.456 e. The molecular weight excluding hydrogens is 382 g/mol. The highest BCUT2D eigenvalue weighted by Crippen LogP contribution is 2.51. The van der Waals surface area contributed by atoms with Gasteiger partial charge in [-0.3, -0.25) is 0 Å². The van der Waals surface area contributed by atoms with Crippen LogP contribution in [-0.2, 0) is 5.41 Å². The van der Waals surface area contributed by atoms with E-state index in [1.54, 1.807) is 0 Å². The molecule has 0 fully saturated rings. The van der Waals surface area contributed by atoms with Gasteiger partial charge in [-0.25, -0.2) is 9.55 Å². The fourth-order valence-electron chi connectivity index (χ4n) is 5.73. The molecule has 6 rings (SSSR count). The predicted octanol–water partition coefficient (Wildman–Crippen LogP) is 6.28. The Morgan fingerprint density at radius 2 is 1.94 bits per heavy atom. The van der Waals surface area contributed by atoms with Crippen LogP contribution in [0.4, 0.5) is 0 Å². The van der Waals surface area contributed by atoms with Crippen molar-refractivity contribution >= 4 is 33.1 Å². The SMILES string of the molecule is C=CC1(CC)c2ccc3oc4ccccc4c3c2-c2cnc3cccnc3[n+]2C1CC. The number of hydrogen-bond donors (Lipinski definition) is 0. The molecule has 0 saturated heterocycles. The fourth-order valence-corrected chi connectivity index (χ4v) is 5.73. The number of allylic oxidation sites excluding steroid dienone is 1. The van der Waals surface area contributed by atoms with E-state index >= 15 is 0 Å². The minimum atomic E-state index is -0.208. The fraction of sp³-hybridized carbons (Fsp3) is 0.222. The van der Waals surface area contributed by atoms with E-state index in [1.165, 1.54) is 11.1 Å². The van der Waals surface area contributed by atoms with Crippen LogP contribution in [0.1, 0.15) is 38.3 Å². The predicted molar refractivity (Wildman–Crippen MR) is 124 cm³/mol. The van der Waals surface area contributed by atoms with Crippen molar-refractivity contribution in [2.75, 3.05) is 0 Å². The Bertz CT molecular complexity index is 1500. The highest BCUT2D eigenvalue weighted by Gasteiger charge is 2.48. The van der Waals surface area contributed by atoms with Crippen LogP contribution in [0, 0.1) is 0 Å². The van der Waals surface area contributed by atoms with Crippen molar-refractivity contribution in [2.24, 2.45) is 0 Å². The first-order valence-corrected chi connectivity index (χ1v) is 11.0. The van der Waals surface area contributed by atoms with E-state index in [4.69, 9.17) is 14.4 Å². The van der Waals surface area contributed by atoms with E-state index < -0.39 is 0 Å². The Hall–Kier alpha value is -3.53. The van der Waals surface area contributed by atoms with Gasteiger partial charge in [0.15, 0.2) is 11.2 Å². The molecule has 4 nitrogen and oxygen atoms in total. The molecule has 4 heteroatoms. The number of pyridine rings is 1. The molecule has 5 aromatic rings. The largest absolute Gasteiger partial charge is 0.456 e. The number of benzene rings is 2. The minimum absolute atomic E-state index is 0.202. The second kappa shape index (κ2) is 6.48. The van der Waals surface area contributed by atoms with Crippen molar-refractivity contribution in [3.05, 3.63) is 79.1 Å². The van der Waals surface area contributed by atoms with Gasteiger partial charge in [0.25, 0.3) is 0 Å². The first kappa shape index (κ1) is 18.3. The third-order valence-electron chi connectivity index (χ3n) is 7.12. The molecule has 3 aromatic heterocycles. The van der Waals surface area contributed by atoms with Crippen molar-refractivity contribution in [3.8, 4) is 11.3 Å². The molecule has 0 bridgehead atoms. The van der Waals surface area contributed by atoms with Crippen LogP contribution in [0.25, 0.3) is 44.4 Å². The average Bonchev–Trinajstić information content (AvgIpc) is 3.21. The van der Waals surface area contributed by atoms with Crippen molar-refractivity contribution in [1.29, 1.82) is 0 Å². The molecule has 0 radical (unpaired) electrons. The molecule has 0 amide bonds. The average molecular weight is 407 g/mol. The van der Waals surface area contributed by atoms with Gasteiger partial charge in [-0.2, -0.15) is 0 Å². The molecule has 0 saturated carbocycles. The van der Waals surface area contributed by atoms with E-state index in [2.05, 4.69) is 55.3 Å². The quantitative estimate of drug-likeness (QED) is 0.261. The Morgan fingerprint density at radius 1 is 1.06 bits per heavy atom. The second-order valence-corrected chi connectivity index (χ2v) is 8.34. The third kappa shape index (κ3) is 2.22. The number of fused-ring (bicyclic) bond motifs is 9. The van der Waals surface area contributed by atoms with E-state index in [0.717, 1.165) is 51.6 Å². The highest BCUT2D eigenvalue weighted by molar-refractivity contribution is 6.13. The zero-order chi connectivity index (χ0) is 21.2. The Balaban J connectivity index is 1.88. The van der Waals surface area contributed by atoms with Crippen molar-refractivity contribution in [1.82, 2.24) is 9.97 Å². The Labute approximate surface area is 180 Å². The molecule has 0 aliphatic carbocycles. The zero-order valence-electron chi connectivity index (χ0n) is 17.8. The standard InChI is InChI=1S/C27H24N3O/c1-4-23-27(5-2,6-3)18-13-14-22-24(17-10-7-8-12-21(17)31-22)25(18)20-16-29-19-11-9-15-28-26(19)30(20)23/h5,7-16,23H,2,4,6H2,1,3H3/q+1. The van der Waals surface area contributed by atoms with E-state index in [1.807, 2.05) is 36.7 Å². The van der Waals surface area contributed by atoms with Gasteiger partial charge in [-0.1, -0.05) is 44.2 Å². The van der Waals surface area contributed by atoms with Gasteiger partial charge >= 0.3 is 5.65 Å². The van der Waals surface area contributed by atoms with Crippen LogP contribution >= 0.6 is 0 Å². The maximum Gasteiger partial charge on any atom is 0.349 e. The topological polar surface area (TPSA) is 42.8 Å². The summed E-state index contributed by atoms with van der Waals surface area (Å²) in [6, 6.07) is 16.8. The summed E-state index contributed by atoms with van der Waals surface area (Å²) in [6.45, 7) is 8.84. The zero-order valence-corrected chi connectivity index (χ0v) is 17.8. The van der Waals surface area contributed by atoms with Gasteiger partial charge in [-0.15, -0.1) is 6.58 Å². The lowest BCUT2D eigenvalue weighted by Gasteiger charge is -2.41. The lowest BCUT2D eigenvalue weighted by atomic mass is 9.66. The van der Waals surface area contributed by atoms with Gasteiger partial charge in [0.05, 0.1) is 11.6 Å². The summed E-state index contributed by atoms with van der Waals surface area (Å²) >= 11 is 0. The van der Waals surface area contributed by atoms with E-state index in [9.17, 15) is 0 Å². The normalized spacial score (nSPS) is 20.1. The summed E-state index contributed by atoms with van der Waals surface area (Å²) < 4.78 is 8.64. The van der Waals surface area contributed by atoms with E-state index in [-0.39, 0.29) is 11.5 Å². The van der Waals surface area contributed by atoms with Gasteiger partial charge in [-0.05, 0) is 47.7 Å². The maximum absolute atomic E-state index is 6.24. The van der Waals surface area contributed by atoms with Gasteiger partial charge in [0, 0.05) is 16.3 Å². The number of aromatic nitrogens is 3. The second-order valence-electron chi connectivity index (χ2n) is 8.34. The number of para-hydroxylation sites is 1. The van der Waals surface area contributed by atoms with Crippen molar-refractivity contribution in [3.63, 3.8) is 0 Å². The molecular formula is C27H24N3O+. The van der Waals surface area contributed by atoms with Crippen LogP contribution in [-0.4, -0.2) is 9.97 Å². The number of furan rings is 1. The van der Waals surface area contributed by atoms with Gasteiger partial charge < -0.3 is 4.42 Å². The summed E-state index contributed by atoms with van der Waals surface area (Å²) in [5.74, 6) is 0. The Morgan fingerprint density at radius 3 is 2.74 bits per heavy atom. The van der Waals surface area contributed by atoms with Crippen molar-refractivity contribution in [2.45, 2.75) is 38.1 Å². The van der Waals surface area contributed by atoms with Crippen LogP contribution in [0.15, 0.2) is 78.0 Å². The lowest BCUT2D eigenvalue weighted by molar-refractivity contribution is -0.701. The van der Waals surface area contributed by atoms with Gasteiger partial charge in [0.1, 0.15) is 23.4 Å². The molecule has 0 N–H and O–H groups in total. The van der Waals surface area contributed by atoms with Crippen LogP contribution in [0.3, 0.4) is 0 Å². The van der Waals surface area contributed by atoms with Crippen LogP contribution in [0.5, 0.6) is 0 Å². The Kier molecular flexibility index (Phi) is 3.82. The summed E-state index contributed by atoms with van der Waals surface area (Å²) in [7, 11) is 0. The molecule has 2 atom stereocenters. The monoisotopic (exact) mass is 406 g/mol. The third-order valence-corrected chi connectivity index (χ3v) is 7.12. The molecule has 2 unspecified atom stereocenters. The van der Waals surface area contributed by atoms with Crippen LogP contribution < -0.4 is 4.57 Å². The molecule has 2 aromatic carbocycles. The summed E-state index contributed by atoms with van der Waals surface area (Å²) in [5.41, 5.74) is 7.01. The number of rotatable bonds is 3. The molecule has 1 aliphatic heterocycles. The molecule has 4 heterocycles. The molecule has 152 valence electrons. The first-order valence-electron chi connectivity index (χ1n) is 11.0. The first-order chi connectivity index (χ1) is 15.2. The lowest BCUT2D eigenvalue weighted by Crippen LogP contribution is -2.55. The summed E-state index contributed by atoms with van der Waals surface area (Å²) in [5, 5.41) is 2.28. The molecule has 1 aliphatic rings. The number of hydrogen-bond acceptors (Lipinski definition) is 3. The molecule has 0 spiro atoms. The van der Waals surface area contributed by atoms with Crippen LogP contribution in [0.2, 0.25) is 0 Å². The number of nitrogens with zero attached hydrogens (tertiary/aromatic N) is 3. The van der Waals surface area contributed by atoms with Crippen molar-refractivity contribution < 1.29 is 8.98 Å². The smallest absolute Gasteiger partial charge is 0.349 e. The van der Waals surface area contributed by atoms with E-state index in [0.29, 0.717) is 0 Å². The summed E-state index contributed by atoms with van der Waals surface area (Å²) in [6.07, 6.45) is 7.94. The summed E-state index contributed by atoms with van der Waals surface area (Å²) in [4.78, 5) is 9.57. The van der Waals surface area contributed by atoms with Gasteiger partial charge in [0.2, 0.25) is 0 Å².